The Morgan fingerprint density at radius 1 is 1.36 bits per heavy atom. The first-order chi connectivity index (χ1) is 6.76. The second-order valence-corrected chi connectivity index (χ2v) is 5.30. The molecule has 76 valence electrons. The third-order valence-corrected chi connectivity index (χ3v) is 4.20. The summed E-state index contributed by atoms with van der Waals surface area (Å²) >= 11 is 1.59. The maximum atomic E-state index is 14.6. The third-order valence-electron chi connectivity index (χ3n) is 3.51. The molecule has 0 aromatic carbocycles. The fourth-order valence-corrected chi connectivity index (χ4v) is 3.58. The van der Waals surface area contributed by atoms with Crippen molar-refractivity contribution in [2.24, 2.45) is 0 Å². The molecule has 1 nitrogen and oxygen atoms in total. The van der Waals surface area contributed by atoms with Crippen molar-refractivity contribution in [1.82, 2.24) is 5.32 Å². The van der Waals surface area contributed by atoms with Gasteiger partial charge in [-0.05, 0) is 35.2 Å². The Balaban J connectivity index is 1.90. The van der Waals surface area contributed by atoms with E-state index in [-0.39, 0.29) is 0 Å². The number of piperidine rings is 1. The second kappa shape index (κ2) is 3.04. The standard InChI is InChI=1S/C11H14FNS/c12-11(8-3-4-14-7-8)5-9-1-2-10(6-11)13-9/h3-4,7,9-10,13H,1-2,5-6H2. The van der Waals surface area contributed by atoms with Crippen LogP contribution in [0.4, 0.5) is 4.39 Å². The van der Waals surface area contributed by atoms with Gasteiger partial charge in [0.1, 0.15) is 5.67 Å². The van der Waals surface area contributed by atoms with Crippen LogP contribution >= 0.6 is 11.3 Å². The minimum absolute atomic E-state index is 0.415. The van der Waals surface area contributed by atoms with Crippen LogP contribution in [0.1, 0.15) is 31.2 Å². The van der Waals surface area contributed by atoms with Crippen LogP contribution in [-0.2, 0) is 5.67 Å². The molecule has 2 bridgehead atoms. The maximum absolute atomic E-state index is 14.6. The summed E-state index contributed by atoms with van der Waals surface area (Å²) in [5, 5.41) is 7.41. The summed E-state index contributed by atoms with van der Waals surface area (Å²) in [5.41, 5.74) is -0.141. The smallest absolute Gasteiger partial charge is 0.139 e. The lowest BCUT2D eigenvalue weighted by Gasteiger charge is -2.34. The second-order valence-electron chi connectivity index (χ2n) is 4.52. The van der Waals surface area contributed by atoms with Crippen molar-refractivity contribution in [3.8, 4) is 0 Å². The van der Waals surface area contributed by atoms with Gasteiger partial charge in [-0.25, -0.2) is 4.39 Å². The van der Waals surface area contributed by atoms with Gasteiger partial charge in [0, 0.05) is 24.9 Å². The zero-order chi connectivity index (χ0) is 9.60. The molecule has 0 aliphatic carbocycles. The van der Waals surface area contributed by atoms with E-state index in [9.17, 15) is 4.39 Å². The van der Waals surface area contributed by atoms with E-state index in [1.165, 1.54) is 0 Å². The van der Waals surface area contributed by atoms with Crippen molar-refractivity contribution in [2.75, 3.05) is 0 Å². The van der Waals surface area contributed by atoms with Crippen LogP contribution in [-0.4, -0.2) is 12.1 Å². The molecule has 1 aromatic heterocycles. The summed E-state index contributed by atoms with van der Waals surface area (Å²) in [6, 6.07) is 2.77. The first-order valence-electron chi connectivity index (χ1n) is 5.24. The fourth-order valence-electron chi connectivity index (χ4n) is 2.84. The van der Waals surface area contributed by atoms with Crippen molar-refractivity contribution in [2.45, 2.75) is 43.4 Å². The Labute approximate surface area is 87.3 Å². The zero-order valence-electron chi connectivity index (χ0n) is 8.00. The van der Waals surface area contributed by atoms with E-state index in [0.717, 1.165) is 18.4 Å². The minimum Gasteiger partial charge on any atom is -0.311 e. The molecule has 0 amide bonds. The van der Waals surface area contributed by atoms with Crippen LogP contribution in [0.3, 0.4) is 0 Å². The molecule has 1 aromatic rings. The highest BCUT2D eigenvalue weighted by molar-refractivity contribution is 7.08. The lowest BCUT2D eigenvalue weighted by molar-refractivity contribution is 0.0878. The number of nitrogens with one attached hydrogen (secondary N) is 1. The average Bonchev–Trinajstić information content (AvgIpc) is 2.75. The Hall–Kier alpha value is -0.410. The van der Waals surface area contributed by atoms with Crippen LogP contribution in [0, 0.1) is 0 Å². The van der Waals surface area contributed by atoms with Gasteiger partial charge in [0.15, 0.2) is 0 Å². The number of fused-ring (bicyclic) bond motifs is 2. The van der Waals surface area contributed by atoms with E-state index in [1.54, 1.807) is 11.3 Å². The highest BCUT2D eigenvalue weighted by Crippen LogP contribution is 2.44. The summed E-state index contributed by atoms with van der Waals surface area (Å²) < 4.78 is 14.6. The first kappa shape index (κ1) is 8.86. The molecule has 2 unspecified atom stereocenters. The molecule has 0 spiro atoms. The number of halogens is 1. The lowest BCUT2D eigenvalue weighted by atomic mass is 9.85. The van der Waals surface area contributed by atoms with Crippen molar-refractivity contribution in [3.63, 3.8) is 0 Å². The molecular weight excluding hydrogens is 197 g/mol. The predicted octanol–water partition coefficient (Wildman–Crippen LogP) is 2.83. The van der Waals surface area contributed by atoms with E-state index in [2.05, 4.69) is 5.32 Å². The molecule has 1 N–H and O–H groups in total. The number of hydrogen-bond donors (Lipinski definition) is 1. The van der Waals surface area contributed by atoms with Crippen LogP contribution in [0.25, 0.3) is 0 Å². The van der Waals surface area contributed by atoms with Gasteiger partial charge in [-0.15, -0.1) is 0 Å². The molecule has 0 radical (unpaired) electrons. The molecule has 2 aliphatic rings. The monoisotopic (exact) mass is 211 g/mol. The van der Waals surface area contributed by atoms with Gasteiger partial charge in [0.25, 0.3) is 0 Å². The van der Waals surface area contributed by atoms with Crippen molar-refractivity contribution in [1.29, 1.82) is 0 Å². The Bertz CT molecular complexity index is 310. The Kier molecular flexibility index (Phi) is 1.92. The van der Waals surface area contributed by atoms with E-state index in [0.29, 0.717) is 24.9 Å². The van der Waals surface area contributed by atoms with Gasteiger partial charge in [0.05, 0.1) is 0 Å². The Morgan fingerprint density at radius 3 is 2.64 bits per heavy atom. The van der Waals surface area contributed by atoms with Gasteiger partial charge in [-0.3, -0.25) is 0 Å². The molecule has 0 saturated carbocycles. The molecule has 2 aliphatic heterocycles. The topological polar surface area (TPSA) is 12.0 Å². The molecule has 3 heterocycles. The van der Waals surface area contributed by atoms with Gasteiger partial charge in [-0.1, -0.05) is 0 Å². The largest absolute Gasteiger partial charge is 0.311 e. The highest BCUT2D eigenvalue weighted by atomic mass is 32.1. The molecule has 3 heteroatoms. The van der Waals surface area contributed by atoms with Crippen molar-refractivity contribution in [3.05, 3.63) is 22.4 Å². The van der Waals surface area contributed by atoms with Crippen LogP contribution < -0.4 is 5.32 Å². The predicted molar refractivity (Wildman–Crippen MR) is 56.3 cm³/mol. The number of alkyl halides is 1. The van der Waals surface area contributed by atoms with E-state index < -0.39 is 5.67 Å². The van der Waals surface area contributed by atoms with Crippen molar-refractivity contribution < 1.29 is 4.39 Å². The Morgan fingerprint density at radius 2 is 2.07 bits per heavy atom. The molecule has 2 saturated heterocycles. The normalized spacial score (nSPS) is 41.5. The maximum Gasteiger partial charge on any atom is 0.139 e. The SMILES string of the molecule is FC1(c2ccsc2)CC2CCC(C1)N2. The van der Waals surface area contributed by atoms with E-state index in [4.69, 9.17) is 0 Å². The highest BCUT2D eigenvalue weighted by Gasteiger charge is 2.45. The summed E-state index contributed by atoms with van der Waals surface area (Å²) in [6.07, 6.45) is 3.64. The summed E-state index contributed by atoms with van der Waals surface area (Å²) in [5.74, 6) is 0. The van der Waals surface area contributed by atoms with Gasteiger partial charge >= 0.3 is 0 Å². The quantitative estimate of drug-likeness (QED) is 0.753. The third kappa shape index (κ3) is 1.30. The minimum atomic E-state index is -1.04. The van der Waals surface area contributed by atoms with Gasteiger partial charge in [0.2, 0.25) is 0 Å². The molecule has 2 atom stereocenters. The molecular formula is C11H14FNS. The zero-order valence-corrected chi connectivity index (χ0v) is 8.82. The van der Waals surface area contributed by atoms with Gasteiger partial charge in [-0.2, -0.15) is 11.3 Å². The van der Waals surface area contributed by atoms with Crippen LogP contribution in [0.15, 0.2) is 16.8 Å². The summed E-state index contributed by atoms with van der Waals surface area (Å²) in [4.78, 5) is 0. The first-order valence-corrected chi connectivity index (χ1v) is 6.18. The van der Waals surface area contributed by atoms with Crippen LogP contribution in [0.5, 0.6) is 0 Å². The summed E-state index contributed by atoms with van der Waals surface area (Å²) in [7, 11) is 0. The summed E-state index contributed by atoms with van der Waals surface area (Å²) in [6.45, 7) is 0. The van der Waals surface area contributed by atoms with Crippen molar-refractivity contribution >= 4 is 11.3 Å². The van der Waals surface area contributed by atoms with E-state index in [1.807, 2.05) is 16.8 Å². The van der Waals surface area contributed by atoms with Gasteiger partial charge < -0.3 is 5.32 Å². The number of thiophene rings is 1. The fraction of sp³-hybridized carbons (Fsp3) is 0.636. The number of rotatable bonds is 1. The lowest BCUT2D eigenvalue weighted by Crippen LogP contribution is -2.44. The van der Waals surface area contributed by atoms with E-state index >= 15 is 0 Å². The number of hydrogen-bond acceptors (Lipinski definition) is 2. The average molecular weight is 211 g/mol. The molecule has 3 rings (SSSR count). The van der Waals surface area contributed by atoms with Crippen LogP contribution in [0.2, 0.25) is 0 Å². The molecule has 14 heavy (non-hydrogen) atoms. The molecule has 2 fully saturated rings.